The molecule has 0 spiro atoms. The van der Waals surface area contributed by atoms with E-state index in [1.165, 1.54) is 62.4 Å². The molecule has 204 valence electrons. The highest BCUT2D eigenvalue weighted by molar-refractivity contribution is 7.89. The minimum atomic E-state index is -3.78. The number of benzene rings is 2. The monoisotopic (exact) mass is 556 g/mol. The normalized spacial score (nSPS) is 13.5. The molecule has 0 unspecified atom stereocenters. The molecule has 0 aliphatic rings. The van der Waals surface area contributed by atoms with Gasteiger partial charge in [-0.15, -0.1) is 0 Å². The Balaban J connectivity index is 1.78. The van der Waals surface area contributed by atoms with Gasteiger partial charge in [0.15, 0.2) is 0 Å². The first-order valence-corrected chi connectivity index (χ1v) is 14.4. The third-order valence-corrected chi connectivity index (χ3v) is 7.72. The molecule has 0 aromatic heterocycles. The lowest BCUT2D eigenvalue weighted by Crippen LogP contribution is -2.30. The summed E-state index contributed by atoms with van der Waals surface area (Å²) in [5.74, 6) is -0.704. The lowest BCUT2D eigenvalue weighted by atomic mass is 10.2. The standard InChI is InChI=1S/C23H32N4O8S2/c1-16(28)14-24-36(32,33)20-10-6-18(7-11-20)26-22(30)4-3-5-23(31)27-19-8-12-21(13-9-19)37(34,35)25-15-17(2)29/h6-13,16-17,24-25,28-29H,3-5,14-15H2,1-2H3,(H,26,30)(H,27,31)/t16-,17-/m0/s1. The molecule has 2 rings (SSSR count). The van der Waals surface area contributed by atoms with E-state index in [1.54, 1.807) is 0 Å². The van der Waals surface area contributed by atoms with Gasteiger partial charge in [-0.2, -0.15) is 0 Å². The number of nitrogens with one attached hydrogen (secondary N) is 4. The van der Waals surface area contributed by atoms with Crippen LogP contribution in [0.25, 0.3) is 0 Å². The number of rotatable bonds is 14. The summed E-state index contributed by atoms with van der Waals surface area (Å²) in [7, 11) is -7.55. The van der Waals surface area contributed by atoms with Crippen molar-refractivity contribution in [3.63, 3.8) is 0 Å². The molecule has 6 N–H and O–H groups in total. The molecule has 0 fully saturated rings. The Bertz CT molecular complexity index is 1160. The predicted octanol–water partition coefficient (Wildman–Crippen LogP) is 0.752. The summed E-state index contributed by atoms with van der Waals surface area (Å²) in [4.78, 5) is 24.3. The van der Waals surface area contributed by atoms with Crippen molar-refractivity contribution in [1.29, 1.82) is 0 Å². The van der Waals surface area contributed by atoms with Crippen LogP contribution in [0.2, 0.25) is 0 Å². The van der Waals surface area contributed by atoms with E-state index in [2.05, 4.69) is 20.1 Å². The summed E-state index contributed by atoms with van der Waals surface area (Å²) in [6.07, 6.45) is -1.30. The number of hydrogen-bond acceptors (Lipinski definition) is 8. The van der Waals surface area contributed by atoms with Crippen LogP contribution < -0.4 is 20.1 Å². The van der Waals surface area contributed by atoms with E-state index in [1.807, 2.05) is 0 Å². The number of hydrogen-bond donors (Lipinski definition) is 6. The van der Waals surface area contributed by atoms with Crippen molar-refractivity contribution in [2.75, 3.05) is 23.7 Å². The molecule has 37 heavy (non-hydrogen) atoms. The highest BCUT2D eigenvalue weighted by atomic mass is 32.2. The summed E-state index contributed by atoms with van der Waals surface area (Å²) >= 11 is 0. The molecule has 2 atom stereocenters. The molecule has 0 heterocycles. The second-order valence-corrected chi connectivity index (χ2v) is 11.9. The average Bonchev–Trinajstić information content (AvgIpc) is 2.82. The van der Waals surface area contributed by atoms with Crippen molar-refractivity contribution < 1.29 is 36.6 Å². The summed E-state index contributed by atoms with van der Waals surface area (Å²) < 4.78 is 53.1. The van der Waals surface area contributed by atoms with Gasteiger partial charge in [-0.05, 0) is 68.8 Å². The van der Waals surface area contributed by atoms with E-state index in [0.717, 1.165) is 0 Å². The van der Waals surface area contributed by atoms with Crippen molar-refractivity contribution in [2.24, 2.45) is 0 Å². The van der Waals surface area contributed by atoms with Crippen LogP contribution in [0.3, 0.4) is 0 Å². The fourth-order valence-electron chi connectivity index (χ4n) is 2.92. The molecular weight excluding hydrogens is 524 g/mol. The van der Waals surface area contributed by atoms with Crippen LogP contribution in [0.5, 0.6) is 0 Å². The molecule has 2 amide bonds. The number of anilines is 2. The van der Waals surface area contributed by atoms with Crippen molar-refractivity contribution in [3.8, 4) is 0 Å². The number of amides is 2. The van der Waals surface area contributed by atoms with Crippen LogP contribution in [-0.2, 0) is 29.6 Å². The first kappa shape index (κ1) is 30.3. The molecule has 0 saturated heterocycles. The molecule has 0 aliphatic heterocycles. The second kappa shape index (κ2) is 13.6. The van der Waals surface area contributed by atoms with Crippen molar-refractivity contribution in [3.05, 3.63) is 48.5 Å². The van der Waals surface area contributed by atoms with E-state index in [4.69, 9.17) is 0 Å². The molecule has 0 radical (unpaired) electrons. The second-order valence-electron chi connectivity index (χ2n) is 8.40. The minimum Gasteiger partial charge on any atom is -0.392 e. The van der Waals surface area contributed by atoms with Crippen LogP contribution in [0.15, 0.2) is 58.3 Å². The molecule has 12 nitrogen and oxygen atoms in total. The Morgan fingerprint density at radius 3 is 1.30 bits per heavy atom. The zero-order valence-corrected chi connectivity index (χ0v) is 22.1. The van der Waals surface area contributed by atoms with Gasteiger partial charge in [0, 0.05) is 37.3 Å². The Morgan fingerprint density at radius 2 is 1.00 bits per heavy atom. The van der Waals surface area contributed by atoms with Gasteiger partial charge in [0.2, 0.25) is 31.9 Å². The van der Waals surface area contributed by atoms with Crippen LogP contribution in [0.4, 0.5) is 11.4 Å². The number of carbonyl (C=O) groups is 2. The van der Waals surface area contributed by atoms with E-state index in [-0.39, 0.29) is 54.0 Å². The van der Waals surface area contributed by atoms with Gasteiger partial charge < -0.3 is 20.8 Å². The summed E-state index contributed by atoms with van der Waals surface area (Å²) in [6.45, 7) is 2.67. The number of carbonyl (C=O) groups excluding carboxylic acids is 2. The highest BCUT2D eigenvalue weighted by Gasteiger charge is 2.16. The van der Waals surface area contributed by atoms with Crippen LogP contribution in [-0.4, -0.2) is 64.2 Å². The van der Waals surface area contributed by atoms with Crippen molar-refractivity contribution in [2.45, 2.75) is 55.1 Å². The summed E-state index contributed by atoms with van der Waals surface area (Å²) in [6, 6.07) is 11.0. The summed E-state index contributed by atoms with van der Waals surface area (Å²) in [5.41, 5.74) is 0.781. The fraction of sp³-hybridized carbons (Fsp3) is 0.391. The Morgan fingerprint density at radius 1 is 0.676 bits per heavy atom. The Kier molecular flexibility index (Phi) is 11.2. The first-order valence-electron chi connectivity index (χ1n) is 11.4. The lowest BCUT2D eigenvalue weighted by molar-refractivity contribution is -0.117. The van der Waals surface area contributed by atoms with Crippen LogP contribution in [0.1, 0.15) is 33.1 Å². The minimum absolute atomic E-state index is 0.00975. The largest absolute Gasteiger partial charge is 0.392 e. The lowest BCUT2D eigenvalue weighted by Gasteiger charge is -2.10. The maximum atomic E-state index is 12.2. The van der Waals surface area contributed by atoms with E-state index < -0.39 is 32.3 Å². The number of aliphatic hydroxyl groups excluding tert-OH is 2. The van der Waals surface area contributed by atoms with Gasteiger partial charge in [-0.1, -0.05) is 0 Å². The molecule has 0 aliphatic carbocycles. The first-order chi connectivity index (χ1) is 17.3. The van der Waals surface area contributed by atoms with E-state index in [9.17, 15) is 36.6 Å². The quantitative estimate of drug-likeness (QED) is 0.196. The van der Waals surface area contributed by atoms with E-state index >= 15 is 0 Å². The molecule has 2 aromatic rings. The molecule has 2 aromatic carbocycles. The maximum absolute atomic E-state index is 12.2. The Hall–Kier alpha value is -2.88. The third kappa shape index (κ3) is 10.6. The zero-order chi connectivity index (χ0) is 27.6. The van der Waals surface area contributed by atoms with Crippen molar-refractivity contribution >= 4 is 43.2 Å². The summed E-state index contributed by atoms with van der Waals surface area (Å²) in [5, 5.41) is 23.7. The molecule has 14 heteroatoms. The molecule has 0 saturated carbocycles. The number of sulfonamides is 2. The predicted molar refractivity (Wildman–Crippen MR) is 138 cm³/mol. The van der Waals surface area contributed by atoms with Gasteiger partial charge in [-0.25, -0.2) is 26.3 Å². The van der Waals surface area contributed by atoms with Gasteiger partial charge >= 0.3 is 0 Å². The Labute approximate surface area is 216 Å². The number of aliphatic hydroxyl groups is 2. The maximum Gasteiger partial charge on any atom is 0.240 e. The molecular formula is C23H32N4O8S2. The zero-order valence-electron chi connectivity index (χ0n) is 20.5. The van der Waals surface area contributed by atoms with Crippen molar-refractivity contribution in [1.82, 2.24) is 9.44 Å². The smallest absolute Gasteiger partial charge is 0.240 e. The van der Waals surface area contributed by atoms with Crippen LogP contribution >= 0.6 is 0 Å². The third-order valence-electron chi connectivity index (χ3n) is 4.84. The van der Waals surface area contributed by atoms with Gasteiger partial charge in [0.25, 0.3) is 0 Å². The molecule has 0 bridgehead atoms. The highest BCUT2D eigenvalue weighted by Crippen LogP contribution is 2.16. The van der Waals surface area contributed by atoms with Gasteiger partial charge in [0.05, 0.1) is 22.0 Å². The fourth-order valence-corrected chi connectivity index (χ4v) is 5.16. The van der Waals surface area contributed by atoms with Crippen LogP contribution in [0, 0.1) is 0 Å². The SMILES string of the molecule is C[C@H](O)CNS(=O)(=O)c1ccc(NC(=O)CCCC(=O)Nc2ccc(S(=O)(=O)NC[C@H](C)O)cc2)cc1. The average molecular weight is 557 g/mol. The van der Waals surface area contributed by atoms with Gasteiger partial charge in [0.1, 0.15) is 0 Å². The van der Waals surface area contributed by atoms with Gasteiger partial charge in [-0.3, -0.25) is 9.59 Å². The van der Waals surface area contributed by atoms with E-state index in [0.29, 0.717) is 11.4 Å². The topological polar surface area (TPSA) is 191 Å².